The maximum atomic E-state index is 12.0. The predicted octanol–water partition coefficient (Wildman–Crippen LogP) is 1.57. The van der Waals surface area contributed by atoms with E-state index in [2.05, 4.69) is 9.71 Å². The molecule has 2 aromatic rings. The molecule has 0 aliphatic rings. The Hall–Kier alpha value is -1.28. The summed E-state index contributed by atoms with van der Waals surface area (Å²) in [5.41, 5.74) is 8.20. The molecule has 0 saturated heterocycles. The normalized spacial score (nSPS) is 11.7. The average molecular weight is 325 g/mol. The molecule has 1 heterocycles. The summed E-state index contributed by atoms with van der Waals surface area (Å²) in [6.45, 7) is 2.70. The summed E-state index contributed by atoms with van der Waals surface area (Å²) >= 11 is 1.55. The number of thiazole rings is 1. The molecule has 0 radical (unpaired) electrons. The van der Waals surface area contributed by atoms with Gasteiger partial charge in [0.05, 0.1) is 10.8 Å². The van der Waals surface area contributed by atoms with Gasteiger partial charge in [-0.2, -0.15) is 0 Å². The van der Waals surface area contributed by atoms with E-state index in [1.165, 1.54) is 0 Å². The number of sulfonamides is 1. The van der Waals surface area contributed by atoms with E-state index in [4.69, 9.17) is 5.73 Å². The SMILES string of the molecule is Cc1csc(CCNS(=O)(=O)Cc2cccc(CN)c2)n1. The van der Waals surface area contributed by atoms with E-state index in [1.54, 1.807) is 17.4 Å². The van der Waals surface area contributed by atoms with Gasteiger partial charge < -0.3 is 5.73 Å². The molecular weight excluding hydrogens is 306 g/mol. The Labute approximate surface area is 129 Å². The van der Waals surface area contributed by atoms with Crippen molar-refractivity contribution in [1.29, 1.82) is 0 Å². The van der Waals surface area contributed by atoms with Crippen molar-refractivity contribution in [3.8, 4) is 0 Å². The van der Waals surface area contributed by atoms with Crippen LogP contribution in [0.1, 0.15) is 21.8 Å². The van der Waals surface area contributed by atoms with Crippen molar-refractivity contribution in [2.24, 2.45) is 5.73 Å². The van der Waals surface area contributed by atoms with Gasteiger partial charge in [0.2, 0.25) is 10.0 Å². The van der Waals surface area contributed by atoms with Crippen molar-refractivity contribution < 1.29 is 8.42 Å². The first-order chi connectivity index (χ1) is 9.98. The van der Waals surface area contributed by atoms with Gasteiger partial charge in [-0.05, 0) is 18.1 Å². The molecule has 114 valence electrons. The summed E-state index contributed by atoms with van der Waals surface area (Å²) in [6.07, 6.45) is 0.612. The molecule has 0 fully saturated rings. The molecule has 3 N–H and O–H groups in total. The maximum Gasteiger partial charge on any atom is 0.215 e. The number of hydrogen-bond acceptors (Lipinski definition) is 5. The van der Waals surface area contributed by atoms with Crippen LogP contribution in [0.15, 0.2) is 29.6 Å². The number of hydrogen-bond donors (Lipinski definition) is 2. The lowest BCUT2D eigenvalue weighted by molar-refractivity contribution is 0.580. The molecule has 1 aromatic carbocycles. The highest BCUT2D eigenvalue weighted by Gasteiger charge is 2.11. The number of nitrogens with two attached hydrogens (primary N) is 1. The van der Waals surface area contributed by atoms with Crippen molar-refractivity contribution in [3.63, 3.8) is 0 Å². The van der Waals surface area contributed by atoms with Gasteiger partial charge in [-0.25, -0.2) is 18.1 Å². The smallest absolute Gasteiger partial charge is 0.215 e. The molecular formula is C14H19N3O2S2. The number of aryl methyl sites for hydroxylation is 1. The topological polar surface area (TPSA) is 85.1 Å². The number of benzene rings is 1. The second-order valence-electron chi connectivity index (χ2n) is 4.81. The molecule has 0 spiro atoms. The van der Waals surface area contributed by atoms with Crippen molar-refractivity contribution in [2.75, 3.05) is 6.54 Å². The first-order valence-electron chi connectivity index (χ1n) is 6.65. The lowest BCUT2D eigenvalue weighted by atomic mass is 10.1. The third-order valence-corrected chi connectivity index (χ3v) is 5.29. The summed E-state index contributed by atoms with van der Waals surface area (Å²) in [4.78, 5) is 4.31. The summed E-state index contributed by atoms with van der Waals surface area (Å²) in [5.74, 6) is -0.0300. The first-order valence-corrected chi connectivity index (χ1v) is 9.18. The van der Waals surface area contributed by atoms with Crippen LogP contribution in [0.25, 0.3) is 0 Å². The second kappa shape index (κ2) is 7.13. The standard InChI is InChI=1S/C14H19N3O2S2/c1-11-9-20-14(17-11)5-6-16-21(18,19)10-13-4-2-3-12(7-13)8-15/h2-4,7,9,16H,5-6,8,10,15H2,1H3. The maximum absolute atomic E-state index is 12.0. The highest BCUT2D eigenvalue weighted by molar-refractivity contribution is 7.88. The highest BCUT2D eigenvalue weighted by Crippen LogP contribution is 2.10. The molecule has 21 heavy (non-hydrogen) atoms. The number of aromatic nitrogens is 1. The van der Waals surface area contributed by atoms with Gasteiger partial charge in [-0.15, -0.1) is 11.3 Å². The predicted molar refractivity (Wildman–Crippen MR) is 85.5 cm³/mol. The molecule has 5 nitrogen and oxygen atoms in total. The Morgan fingerprint density at radius 3 is 2.76 bits per heavy atom. The Balaban J connectivity index is 1.89. The van der Waals surface area contributed by atoms with Gasteiger partial charge in [0.1, 0.15) is 0 Å². The van der Waals surface area contributed by atoms with Crippen LogP contribution in [0.5, 0.6) is 0 Å². The zero-order chi connectivity index (χ0) is 15.3. The second-order valence-corrected chi connectivity index (χ2v) is 7.56. The molecule has 0 bridgehead atoms. The number of nitrogens with one attached hydrogen (secondary N) is 1. The van der Waals surface area contributed by atoms with Gasteiger partial charge in [0.15, 0.2) is 0 Å². The molecule has 0 amide bonds. The van der Waals surface area contributed by atoms with E-state index >= 15 is 0 Å². The average Bonchev–Trinajstić information content (AvgIpc) is 2.84. The Kier molecular flexibility index (Phi) is 5.46. The lowest BCUT2D eigenvalue weighted by Crippen LogP contribution is -2.27. The Bertz CT molecular complexity index is 696. The molecule has 0 atom stereocenters. The van der Waals surface area contributed by atoms with Crippen molar-refractivity contribution >= 4 is 21.4 Å². The van der Waals surface area contributed by atoms with Gasteiger partial charge in [0, 0.05) is 30.6 Å². The lowest BCUT2D eigenvalue weighted by Gasteiger charge is -2.07. The first kappa shape index (κ1) is 16.1. The van der Waals surface area contributed by atoms with Gasteiger partial charge in [-0.3, -0.25) is 0 Å². The fraction of sp³-hybridized carbons (Fsp3) is 0.357. The molecule has 0 aliphatic heterocycles. The summed E-state index contributed by atoms with van der Waals surface area (Å²) in [6, 6.07) is 7.33. The monoisotopic (exact) mass is 325 g/mol. The van der Waals surface area contributed by atoms with E-state index < -0.39 is 10.0 Å². The molecule has 1 aromatic heterocycles. The van der Waals surface area contributed by atoms with Crippen LogP contribution < -0.4 is 10.5 Å². The van der Waals surface area contributed by atoms with Crippen LogP contribution in [-0.2, 0) is 28.7 Å². The van der Waals surface area contributed by atoms with E-state index in [0.29, 0.717) is 19.5 Å². The highest BCUT2D eigenvalue weighted by atomic mass is 32.2. The van der Waals surface area contributed by atoms with E-state index in [-0.39, 0.29) is 5.75 Å². The largest absolute Gasteiger partial charge is 0.326 e. The van der Waals surface area contributed by atoms with E-state index in [9.17, 15) is 8.42 Å². The van der Waals surface area contributed by atoms with E-state index in [1.807, 2.05) is 30.5 Å². The summed E-state index contributed by atoms with van der Waals surface area (Å²) < 4.78 is 26.7. The third kappa shape index (κ3) is 5.20. The van der Waals surface area contributed by atoms with Gasteiger partial charge in [-0.1, -0.05) is 24.3 Å². The van der Waals surface area contributed by atoms with Gasteiger partial charge >= 0.3 is 0 Å². The summed E-state index contributed by atoms with van der Waals surface area (Å²) in [5, 5.41) is 2.91. The van der Waals surface area contributed by atoms with Crippen LogP contribution in [0.4, 0.5) is 0 Å². The Morgan fingerprint density at radius 1 is 1.33 bits per heavy atom. The van der Waals surface area contributed by atoms with Gasteiger partial charge in [0.25, 0.3) is 0 Å². The minimum atomic E-state index is -3.34. The van der Waals surface area contributed by atoms with Crippen LogP contribution >= 0.6 is 11.3 Å². The van der Waals surface area contributed by atoms with Crippen molar-refractivity contribution in [2.45, 2.75) is 25.6 Å². The fourth-order valence-electron chi connectivity index (χ4n) is 1.95. The molecule has 0 saturated carbocycles. The Morgan fingerprint density at radius 2 is 2.10 bits per heavy atom. The third-order valence-electron chi connectivity index (χ3n) is 2.91. The van der Waals surface area contributed by atoms with Crippen molar-refractivity contribution in [3.05, 3.63) is 51.5 Å². The van der Waals surface area contributed by atoms with Crippen LogP contribution in [0, 0.1) is 6.92 Å². The van der Waals surface area contributed by atoms with Crippen LogP contribution in [0.2, 0.25) is 0 Å². The minimum absolute atomic E-state index is 0.0300. The molecule has 0 unspecified atom stereocenters. The molecule has 7 heteroatoms. The molecule has 2 rings (SSSR count). The number of nitrogens with zero attached hydrogens (tertiary/aromatic N) is 1. The zero-order valence-electron chi connectivity index (χ0n) is 11.9. The molecule has 0 aliphatic carbocycles. The minimum Gasteiger partial charge on any atom is -0.326 e. The zero-order valence-corrected chi connectivity index (χ0v) is 13.5. The summed E-state index contributed by atoms with van der Waals surface area (Å²) in [7, 11) is -3.34. The van der Waals surface area contributed by atoms with Crippen LogP contribution in [-0.4, -0.2) is 19.9 Å². The quantitative estimate of drug-likeness (QED) is 0.809. The van der Waals surface area contributed by atoms with Crippen LogP contribution in [0.3, 0.4) is 0 Å². The van der Waals surface area contributed by atoms with Crippen molar-refractivity contribution in [1.82, 2.24) is 9.71 Å². The van der Waals surface area contributed by atoms with E-state index in [0.717, 1.165) is 21.8 Å². The fourth-order valence-corrected chi connectivity index (χ4v) is 3.86. The number of rotatable bonds is 7.